The maximum Gasteiger partial charge on any atom is 0.306 e. The number of amides is 1. The van der Waals surface area contributed by atoms with Gasteiger partial charge in [-0.3, -0.25) is 14.4 Å². The first-order valence-electron chi connectivity index (χ1n) is 12.6. The normalized spacial score (nSPS) is 10.8. The van der Waals surface area contributed by atoms with Gasteiger partial charge in [0.2, 0.25) is 0 Å². The average molecular weight is 498 g/mol. The van der Waals surface area contributed by atoms with Crippen LogP contribution >= 0.6 is 0 Å². The Morgan fingerprint density at radius 1 is 0.946 bits per heavy atom. The van der Waals surface area contributed by atoms with Gasteiger partial charge in [0.25, 0.3) is 11.5 Å². The first-order valence-corrected chi connectivity index (χ1v) is 12.6. The van der Waals surface area contributed by atoms with Gasteiger partial charge in [0.05, 0.1) is 17.5 Å². The fourth-order valence-corrected chi connectivity index (χ4v) is 4.18. The molecule has 0 spiro atoms. The van der Waals surface area contributed by atoms with Gasteiger partial charge < -0.3 is 14.6 Å². The SMILES string of the molecule is CCCCn1c(=O)c(CCC(=O)OCC(=O)Nc2ccccc2Cc2ccccc2)nc2ccccc21. The van der Waals surface area contributed by atoms with Crippen molar-refractivity contribution in [1.82, 2.24) is 9.55 Å². The molecule has 1 heterocycles. The van der Waals surface area contributed by atoms with Gasteiger partial charge in [-0.1, -0.05) is 74.0 Å². The number of hydrogen-bond acceptors (Lipinski definition) is 5. The molecule has 1 amide bonds. The number of anilines is 1. The number of carbonyl (C=O) groups is 2. The van der Waals surface area contributed by atoms with Crippen LogP contribution in [0.3, 0.4) is 0 Å². The molecule has 0 fully saturated rings. The Morgan fingerprint density at radius 2 is 1.68 bits per heavy atom. The summed E-state index contributed by atoms with van der Waals surface area (Å²) in [5, 5.41) is 2.83. The monoisotopic (exact) mass is 497 g/mol. The standard InChI is InChI=1S/C30H31N3O4/c1-2-3-19-33-27-16-10-9-15-25(27)31-26(30(33)36)17-18-29(35)37-21-28(34)32-24-14-8-7-13-23(24)20-22-11-5-4-6-12-22/h4-16H,2-3,17-21H2,1H3,(H,32,34). The van der Waals surface area contributed by atoms with Crippen molar-refractivity contribution >= 4 is 28.6 Å². The Kier molecular flexibility index (Phi) is 8.81. The number of nitrogens with one attached hydrogen (secondary N) is 1. The molecule has 0 saturated heterocycles. The molecule has 0 aliphatic heterocycles. The lowest BCUT2D eigenvalue weighted by Gasteiger charge is -2.12. The third kappa shape index (κ3) is 6.91. The molecule has 0 radical (unpaired) electrons. The molecular formula is C30H31N3O4. The molecule has 7 heteroatoms. The van der Waals surface area contributed by atoms with Crippen LogP contribution in [0.2, 0.25) is 0 Å². The summed E-state index contributed by atoms with van der Waals surface area (Å²) in [6, 6.07) is 25.0. The van der Waals surface area contributed by atoms with Crippen molar-refractivity contribution in [3.8, 4) is 0 Å². The van der Waals surface area contributed by atoms with E-state index in [1.54, 1.807) is 4.57 Å². The first-order chi connectivity index (χ1) is 18.0. The smallest absolute Gasteiger partial charge is 0.306 e. The van der Waals surface area contributed by atoms with Crippen molar-refractivity contribution < 1.29 is 14.3 Å². The van der Waals surface area contributed by atoms with E-state index in [-0.39, 0.29) is 18.4 Å². The summed E-state index contributed by atoms with van der Waals surface area (Å²) in [4.78, 5) is 42.4. The maximum atomic E-state index is 13.0. The number of rotatable bonds is 11. The van der Waals surface area contributed by atoms with Crippen LogP contribution in [0.4, 0.5) is 5.69 Å². The largest absolute Gasteiger partial charge is 0.456 e. The van der Waals surface area contributed by atoms with Crippen molar-refractivity contribution in [2.75, 3.05) is 11.9 Å². The Morgan fingerprint density at radius 3 is 2.49 bits per heavy atom. The van der Waals surface area contributed by atoms with Crippen LogP contribution in [0, 0.1) is 0 Å². The van der Waals surface area contributed by atoms with E-state index in [0.29, 0.717) is 24.3 Å². The molecule has 4 rings (SSSR count). The molecular weight excluding hydrogens is 466 g/mol. The number of para-hydroxylation sites is 3. The van der Waals surface area contributed by atoms with E-state index in [9.17, 15) is 14.4 Å². The zero-order valence-corrected chi connectivity index (χ0v) is 21.0. The zero-order valence-electron chi connectivity index (χ0n) is 21.0. The van der Waals surface area contributed by atoms with Gasteiger partial charge in [-0.15, -0.1) is 0 Å². The fraction of sp³-hybridized carbons (Fsp3) is 0.267. The molecule has 3 aromatic carbocycles. The first kappa shape index (κ1) is 25.8. The van der Waals surface area contributed by atoms with Crippen LogP contribution in [0.5, 0.6) is 0 Å². The third-order valence-electron chi connectivity index (χ3n) is 6.11. The summed E-state index contributed by atoms with van der Waals surface area (Å²) in [7, 11) is 0. The predicted molar refractivity (Wildman–Crippen MR) is 145 cm³/mol. The number of esters is 1. The topological polar surface area (TPSA) is 90.3 Å². The van der Waals surface area contributed by atoms with Crippen LogP contribution in [0.25, 0.3) is 11.0 Å². The minimum Gasteiger partial charge on any atom is -0.456 e. The van der Waals surface area contributed by atoms with Gasteiger partial charge in [0.1, 0.15) is 5.69 Å². The van der Waals surface area contributed by atoms with Crippen LogP contribution < -0.4 is 10.9 Å². The van der Waals surface area contributed by atoms with E-state index in [0.717, 1.165) is 35.0 Å². The van der Waals surface area contributed by atoms with Gasteiger partial charge >= 0.3 is 5.97 Å². The molecule has 0 unspecified atom stereocenters. The van der Waals surface area contributed by atoms with Crippen molar-refractivity contribution in [2.45, 2.75) is 45.6 Å². The van der Waals surface area contributed by atoms with E-state index in [4.69, 9.17) is 4.74 Å². The summed E-state index contributed by atoms with van der Waals surface area (Å²) in [5.41, 5.74) is 4.42. The molecule has 190 valence electrons. The minimum absolute atomic E-state index is 0.0355. The predicted octanol–water partition coefficient (Wildman–Crippen LogP) is 4.90. The van der Waals surface area contributed by atoms with Crippen molar-refractivity contribution in [2.24, 2.45) is 0 Å². The zero-order chi connectivity index (χ0) is 26.0. The molecule has 0 saturated carbocycles. The van der Waals surface area contributed by atoms with Crippen LogP contribution in [0.1, 0.15) is 43.0 Å². The van der Waals surface area contributed by atoms with Crippen molar-refractivity contribution in [1.29, 1.82) is 0 Å². The number of aryl methyl sites for hydroxylation is 2. The van der Waals surface area contributed by atoms with E-state index < -0.39 is 18.5 Å². The summed E-state index contributed by atoms with van der Waals surface area (Å²) in [6.07, 6.45) is 2.62. The molecule has 7 nitrogen and oxygen atoms in total. The molecule has 1 aromatic heterocycles. The van der Waals surface area contributed by atoms with Gasteiger partial charge in [-0.25, -0.2) is 4.98 Å². The number of carbonyl (C=O) groups excluding carboxylic acids is 2. The number of ether oxygens (including phenoxy) is 1. The highest BCUT2D eigenvalue weighted by Gasteiger charge is 2.14. The number of unbranched alkanes of at least 4 members (excludes halogenated alkanes) is 1. The van der Waals surface area contributed by atoms with E-state index >= 15 is 0 Å². The summed E-state index contributed by atoms with van der Waals surface area (Å²) < 4.78 is 6.92. The Balaban J connectivity index is 1.34. The molecule has 4 aromatic rings. The van der Waals surface area contributed by atoms with Crippen LogP contribution in [0.15, 0.2) is 83.7 Å². The molecule has 0 atom stereocenters. The van der Waals surface area contributed by atoms with E-state index in [1.165, 1.54) is 0 Å². The molecule has 1 N–H and O–H groups in total. The highest BCUT2D eigenvalue weighted by Crippen LogP contribution is 2.19. The number of fused-ring (bicyclic) bond motifs is 1. The Hall–Kier alpha value is -4.26. The summed E-state index contributed by atoms with van der Waals surface area (Å²) in [6.45, 7) is 2.27. The van der Waals surface area contributed by atoms with Crippen molar-refractivity contribution in [3.05, 3.63) is 106 Å². The molecule has 37 heavy (non-hydrogen) atoms. The lowest BCUT2D eigenvalue weighted by molar-refractivity contribution is -0.147. The van der Waals surface area contributed by atoms with Crippen LogP contribution in [-0.4, -0.2) is 28.0 Å². The lowest BCUT2D eigenvalue weighted by atomic mass is 10.0. The number of nitrogens with zero attached hydrogens (tertiary/aromatic N) is 2. The highest BCUT2D eigenvalue weighted by atomic mass is 16.5. The van der Waals surface area contributed by atoms with Gasteiger partial charge in [-0.05, 0) is 42.2 Å². The van der Waals surface area contributed by atoms with Crippen LogP contribution in [-0.2, 0) is 33.7 Å². The Labute approximate surface area is 216 Å². The van der Waals surface area contributed by atoms with E-state index in [2.05, 4.69) is 17.2 Å². The summed E-state index contributed by atoms with van der Waals surface area (Å²) in [5.74, 6) is -0.971. The number of aromatic nitrogens is 2. The van der Waals surface area contributed by atoms with Gasteiger partial charge in [0, 0.05) is 18.7 Å². The van der Waals surface area contributed by atoms with E-state index in [1.807, 2.05) is 78.9 Å². The second kappa shape index (κ2) is 12.6. The van der Waals surface area contributed by atoms with Crippen molar-refractivity contribution in [3.63, 3.8) is 0 Å². The van der Waals surface area contributed by atoms with Gasteiger partial charge in [-0.2, -0.15) is 0 Å². The second-order valence-electron chi connectivity index (χ2n) is 8.89. The summed E-state index contributed by atoms with van der Waals surface area (Å²) >= 11 is 0. The average Bonchev–Trinajstić information content (AvgIpc) is 2.92. The molecule has 0 aliphatic carbocycles. The fourth-order valence-electron chi connectivity index (χ4n) is 4.18. The minimum atomic E-state index is -0.554. The quantitative estimate of drug-likeness (QED) is 0.298. The highest BCUT2D eigenvalue weighted by molar-refractivity contribution is 5.93. The number of hydrogen-bond donors (Lipinski definition) is 1. The lowest BCUT2D eigenvalue weighted by Crippen LogP contribution is -2.27. The molecule has 0 bridgehead atoms. The Bertz CT molecular complexity index is 1430. The molecule has 0 aliphatic rings. The second-order valence-corrected chi connectivity index (χ2v) is 8.89. The number of benzene rings is 3. The van der Waals surface area contributed by atoms with Gasteiger partial charge in [0.15, 0.2) is 6.61 Å². The third-order valence-corrected chi connectivity index (χ3v) is 6.11. The maximum absolute atomic E-state index is 13.0.